The number of carbonyl (C=O) groups is 1. The van der Waals surface area contributed by atoms with Gasteiger partial charge < -0.3 is 15.4 Å². The number of anilines is 1. The highest BCUT2D eigenvalue weighted by Gasteiger charge is 2.18. The van der Waals surface area contributed by atoms with Gasteiger partial charge in [0.2, 0.25) is 0 Å². The summed E-state index contributed by atoms with van der Waals surface area (Å²) in [5, 5.41) is 6.18. The summed E-state index contributed by atoms with van der Waals surface area (Å²) in [4.78, 5) is 11.9. The van der Waals surface area contributed by atoms with E-state index >= 15 is 0 Å². The van der Waals surface area contributed by atoms with Gasteiger partial charge in [0.1, 0.15) is 6.10 Å². The first kappa shape index (κ1) is 13.1. The van der Waals surface area contributed by atoms with Crippen molar-refractivity contribution in [1.29, 1.82) is 0 Å². The largest absolute Gasteiger partial charge is 0.367 e. The van der Waals surface area contributed by atoms with Gasteiger partial charge in [0.15, 0.2) is 0 Å². The SMILES string of the molecule is CC(OCC1CCCN1)C(=O)Nc1ccccc1. The van der Waals surface area contributed by atoms with E-state index in [9.17, 15) is 4.79 Å². The fourth-order valence-corrected chi connectivity index (χ4v) is 2.00. The van der Waals surface area contributed by atoms with Crippen LogP contribution in [0.3, 0.4) is 0 Å². The zero-order valence-corrected chi connectivity index (χ0v) is 10.7. The second-order valence-electron chi connectivity index (χ2n) is 4.62. The predicted octanol–water partition coefficient (Wildman–Crippen LogP) is 1.78. The van der Waals surface area contributed by atoms with Crippen molar-refractivity contribution in [1.82, 2.24) is 5.32 Å². The third-order valence-corrected chi connectivity index (χ3v) is 3.12. The number of hydrogen-bond acceptors (Lipinski definition) is 3. The number of rotatable bonds is 5. The molecule has 1 fully saturated rings. The van der Waals surface area contributed by atoms with E-state index in [1.54, 1.807) is 6.92 Å². The van der Waals surface area contributed by atoms with Crippen molar-refractivity contribution in [3.63, 3.8) is 0 Å². The Hall–Kier alpha value is -1.39. The fourth-order valence-electron chi connectivity index (χ4n) is 2.00. The Morgan fingerprint density at radius 1 is 1.50 bits per heavy atom. The van der Waals surface area contributed by atoms with Crippen molar-refractivity contribution in [2.45, 2.75) is 31.9 Å². The van der Waals surface area contributed by atoms with Gasteiger partial charge in [0, 0.05) is 11.7 Å². The lowest BCUT2D eigenvalue weighted by Gasteiger charge is -2.16. The van der Waals surface area contributed by atoms with Crippen LogP contribution in [0.2, 0.25) is 0 Å². The number of ether oxygens (including phenoxy) is 1. The first-order valence-corrected chi connectivity index (χ1v) is 6.46. The monoisotopic (exact) mass is 248 g/mol. The van der Waals surface area contributed by atoms with Crippen LogP contribution in [0, 0.1) is 0 Å². The molecule has 2 unspecified atom stereocenters. The van der Waals surface area contributed by atoms with Crippen LogP contribution in [0.4, 0.5) is 5.69 Å². The standard InChI is InChI=1S/C14H20N2O2/c1-11(18-10-13-8-5-9-15-13)14(17)16-12-6-3-2-4-7-12/h2-4,6-7,11,13,15H,5,8-10H2,1H3,(H,16,17). The summed E-state index contributed by atoms with van der Waals surface area (Å²) in [6, 6.07) is 9.83. The molecule has 2 N–H and O–H groups in total. The van der Waals surface area contributed by atoms with E-state index in [0.29, 0.717) is 12.6 Å². The smallest absolute Gasteiger partial charge is 0.253 e. The molecule has 2 rings (SSSR count). The molecule has 0 bridgehead atoms. The Bertz CT molecular complexity index is 375. The molecule has 1 aliphatic heterocycles. The number of benzene rings is 1. The van der Waals surface area contributed by atoms with Gasteiger partial charge in [-0.25, -0.2) is 0 Å². The Labute approximate surface area is 108 Å². The normalized spacial score (nSPS) is 20.6. The summed E-state index contributed by atoms with van der Waals surface area (Å²) < 4.78 is 5.59. The molecule has 18 heavy (non-hydrogen) atoms. The minimum atomic E-state index is -0.424. The van der Waals surface area contributed by atoms with Crippen molar-refractivity contribution in [2.75, 3.05) is 18.5 Å². The van der Waals surface area contributed by atoms with Gasteiger partial charge in [0.05, 0.1) is 6.61 Å². The molecule has 4 heteroatoms. The van der Waals surface area contributed by atoms with Crippen LogP contribution in [0.1, 0.15) is 19.8 Å². The summed E-state index contributed by atoms with van der Waals surface area (Å²) in [7, 11) is 0. The molecule has 1 aromatic rings. The average molecular weight is 248 g/mol. The number of amides is 1. The minimum absolute atomic E-state index is 0.0980. The Morgan fingerprint density at radius 2 is 2.28 bits per heavy atom. The van der Waals surface area contributed by atoms with E-state index < -0.39 is 6.10 Å². The second-order valence-corrected chi connectivity index (χ2v) is 4.62. The maximum atomic E-state index is 11.9. The molecule has 2 atom stereocenters. The predicted molar refractivity (Wildman–Crippen MR) is 71.5 cm³/mol. The maximum Gasteiger partial charge on any atom is 0.253 e. The van der Waals surface area contributed by atoms with E-state index in [0.717, 1.165) is 18.7 Å². The Balaban J connectivity index is 1.74. The molecule has 0 aliphatic carbocycles. The van der Waals surface area contributed by atoms with E-state index in [4.69, 9.17) is 4.74 Å². The summed E-state index contributed by atoms with van der Waals surface area (Å²) in [5.41, 5.74) is 0.803. The minimum Gasteiger partial charge on any atom is -0.367 e. The number of para-hydroxylation sites is 1. The van der Waals surface area contributed by atoms with Crippen LogP contribution in [-0.4, -0.2) is 31.2 Å². The molecular formula is C14H20N2O2. The summed E-state index contributed by atoms with van der Waals surface area (Å²) in [6.45, 7) is 3.44. The van der Waals surface area contributed by atoms with Gasteiger partial charge in [-0.3, -0.25) is 4.79 Å². The number of nitrogens with one attached hydrogen (secondary N) is 2. The van der Waals surface area contributed by atoms with Gasteiger partial charge in [0.25, 0.3) is 5.91 Å². The maximum absolute atomic E-state index is 11.9. The van der Waals surface area contributed by atoms with Gasteiger partial charge in [-0.2, -0.15) is 0 Å². The lowest BCUT2D eigenvalue weighted by atomic mass is 10.2. The third kappa shape index (κ3) is 3.82. The quantitative estimate of drug-likeness (QED) is 0.835. The van der Waals surface area contributed by atoms with Crippen LogP contribution >= 0.6 is 0 Å². The van der Waals surface area contributed by atoms with Crippen LogP contribution in [0.25, 0.3) is 0 Å². The Morgan fingerprint density at radius 3 is 2.94 bits per heavy atom. The van der Waals surface area contributed by atoms with Crippen molar-refractivity contribution < 1.29 is 9.53 Å². The topological polar surface area (TPSA) is 50.4 Å². The van der Waals surface area contributed by atoms with Gasteiger partial charge in [-0.15, -0.1) is 0 Å². The zero-order chi connectivity index (χ0) is 12.8. The van der Waals surface area contributed by atoms with E-state index in [1.807, 2.05) is 30.3 Å². The van der Waals surface area contributed by atoms with Gasteiger partial charge >= 0.3 is 0 Å². The van der Waals surface area contributed by atoms with Crippen LogP contribution in [0.15, 0.2) is 30.3 Å². The first-order valence-electron chi connectivity index (χ1n) is 6.46. The fraction of sp³-hybridized carbons (Fsp3) is 0.500. The first-order chi connectivity index (χ1) is 8.75. The third-order valence-electron chi connectivity index (χ3n) is 3.12. The van der Waals surface area contributed by atoms with Crippen molar-refractivity contribution in [2.24, 2.45) is 0 Å². The van der Waals surface area contributed by atoms with E-state index in [2.05, 4.69) is 10.6 Å². The number of hydrogen-bond donors (Lipinski definition) is 2. The molecule has 1 saturated heterocycles. The lowest BCUT2D eigenvalue weighted by molar-refractivity contribution is -0.126. The van der Waals surface area contributed by atoms with E-state index in [1.165, 1.54) is 6.42 Å². The van der Waals surface area contributed by atoms with Gasteiger partial charge in [-0.1, -0.05) is 18.2 Å². The van der Waals surface area contributed by atoms with Crippen molar-refractivity contribution in [3.8, 4) is 0 Å². The highest BCUT2D eigenvalue weighted by Crippen LogP contribution is 2.09. The second kappa shape index (κ2) is 6.52. The van der Waals surface area contributed by atoms with Crippen LogP contribution in [0.5, 0.6) is 0 Å². The zero-order valence-electron chi connectivity index (χ0n) is 10.7. The average Bonchev–Trinajstić information content (AvgIpc) is 2.90. The van der Waals surface area contributed by atoms with Gasteiger partial charge in [-0.05, 0) is 38.4 Å². The summed E-state index contributed by atoms with van der Waals surface area (Å²) in [5.74, 6) is -0.0980. The molecule has 0 spiro atoms. The molecule has 0 saturated carbocycles. The molecule has 1 aromatic carbocycles. The van der Waals surface area contributed by atoms with Crippen LogP contribution < -0.4 is 10.6 Å². The molecule has 1 amide bonds. The van der Waals surface area contributed by atoms with E-state index in [-0.39, 0.29) is 5.91 Å². The highest BCUT2D eigenvalue weighted by molar-refractivity contribution is 5.93. The molecule has 0 aromatic heterocycles. The highest BCUT2D eigenvalue weighted by atomic mass is 16.5. The Kier molecular flexibility index (Phi) is 4.73. The molecule has 4 nitrogen and oxygen atoms in total. The molecule has 1 heterocycles. The molecule has 1 aliphatic rings. The van der Waals surface area contributed by atoms with Crippen molar-refractivity contribution >= 4 is 11.6 Å². The molecule has 98 valence electrons. The van der Waals surface area contributed by atoms with Crippen LogP contribution in [-0.2, 0) is 9.53 Å². The molecule has 0 radical (unpaired) electrons. The summed E-state index contributed by atoms with van der Waals surface area (Å²) in [6.07, 6.45) is 1.90. The molecular weight excluding hydrogens is 228 g/mol. The number of carbonyl (C=O) groups excluding carboxylic acids is 1. The lowest BCUT2D eigenvalue weighted by Crippen LogP contribution is -2.33. The van der Waals surface area contributed by atoms with Crippen molar-refractivity contribution in [3.05, 3.63) is 30.3 Å². The summed E-state index contributed by atoms with van der Waals surface area (Å²) >= 11 is 0.